The standard InChI is InChI=1S/C13H19Cl2NS/c1-11(14)16(12(2)15)9-6-10-17-13-7-4-3-5-8-13/h3-5,7-8,11-12H,6,9-10H2,1-2H3. The summed E-state index contributed by atoms with van der Waals surface area (Å²) in [5.74, 6) is 1.09. The molecule has 17 heavy (non-hydrogen) atoms. The van der Waals surface area contributed by atoms with E-state index in [0.717, 1.165) is 18.7 Å². The molecule has 1 aromatic rings. The molecule has 0 bridgehead atoms. The summed E-state index contributed by atoms with van der Waals surface area (Å²) in [7, 11) is 0. The molecule has 0 fully saturated rings. The van der Waals surface area contributed by atoms with Crippen molar-refractivity contribution < 1.29 is 0 Å². The Morgan fingerprint density at radius 1 is 1.12 bits per heavy atom. The van der Waals surface area contributed by atoms with Crippen LogP contribution in [0, 0.1) is 0 Å². The largest absolute Gasteiger partial charge is 0.271 e. The van der Waals surface area contributed by atoms with Crippen molar-refractivity contribution in [3.63, 3.8) is 0 Å². The fourth-order valence-corrected chi connectivity index (χ4v) is 3.04. The van der Waals surface area contributed by atoms with Gasteiger partial charge in [-0.3, -0.25) is 4.90 Å². The van der Waals surface area contributed by atoms with Crippen LogP contribution in [0.2, 0.25) is 0 Å². The third kappa shape index (κ3) is 6.01. The third-order valence-electron chi connectivity index (χ3n) is 2.49. The molecule has 1 nitrogen and oxygen atoms in total. The van der Waals surface area contributed by atoms with Crippen LogP contribution in [0.4, 0.5) is 0 Å². The molecule has 1 aromatic carbocycles. The monoisotopic (exact) mass is 291 g/mol. The second kappa shape index (κ2) is 8.25. The van der Waals surface area contributed by atoms with Gasteiger partial charge in [-0.15, -0.1) is 35.0 Å². The van der Waals surface area contributed by atoms with Crippen molar-refractivity contribution in [1.29, 1.82) is 0 Å². The lowest BCUT2D eigenvalue weighted by atomic mass is 10.4. The Hall–Kier alpha value is 0.110. The van der Waals surface area contributed by atoms with Crippen LogP contribution in [0.1, 0.15) is 20.3 Å². The Morgan fingerprint density at radius 3 is 2.24 bits per heavy atom. The molecule has 2 unspecified atom stereocenters. The molecule has 0 aliphatic rings. The van der Waals surface area contributed by atoms with Gasteiger partial charge in [0.1, 0.15) is 0 Å². The first kappa shape index (κ1) is 15.2. The SMILES string of the molecule is CC(Cl)N(CCCSc1ccccc1)C(C)Cl. The average molecular weight is 292 g/mol. The number of rotatable bonds is 7. The molecule has 0 N–H and O–H groups in total. The van der Waals surface area contributed by atoms with Crippen molar-refractivity contribution in [1.82, 2.24) is 4.90 Å². The Labute approximate surface area is 118 Å². The van der Waals surface area contributed by atoms with Gasteiger partial charge in [-0.05, 0) is 38.2 Å². The van der Waals surface area contributed by atoms with Crippen LogP contribution in [0.25, 0.3) is 0 Å². The highest BCUT2D eigenvalue weighted by Gasteiger charge is 2.15. The van der Waals surface area contributed by atoms with E-state index >= 15 is 0 Å². The Balaban J connectivity index is 2.23. The van der Waals surface area contributed by atoms with Crippen LogP contribution in [0.15, 0.2) is 35.2 Å². The number of hydrogen-bond donors (Lipinski definition) is 0. The lowest BCUT2D eigenvalue weighted by Crippen LogP contribution is -2.35. The molecular formula is C13H19Cl2NS. The van der Waals surface area contributed by atoms with E-state index in [0.29, 0.717) is 0 Å². The smallest absolute Gasteiger partial charge is 0.0833 e. The van der Waals surface area contributed by atoms with Gasteiger partial charge in [-0.25, -0.2) is 0 Å². The maximum atomic E-state index is 6.07. The first-order valence-corrected chi connectivity index (χ1v) is 7.69. The summed E-state index contributed by atoms with van der Waals surface area (Å²) < 4.78 is 0. The van der Waals surface area contributed by atoms with Gasteiger partial charge in [-0.1, -0.05) is 18.2 Å². The van der Waals surface area contributed by atoms with E-state index in [1.807, 2.05) is 31.7 Å². The highest BCUT2D eigenvalue weighted by atomic mass is 35.5. The molecule has 2 atom stereocenters. The molecule has 1 rings (SSSR count). The van der Waals surface area contributed by atoms with Crippen molar-refractivity contribution in [3.05, 3.63) is 30.3 Å². The van der Waals surface area contributed by atoms with Gasteiger partial charge in [0.05, 0.1) is 11.0 Å². The van der Waals surface area contributed by atoms with Crippen LogP contribution in [0.3, 0.4) is 0 Å². The Bertz CT molecular complexity index is 296. The van der Waals surface area contributed by atoms with E-state index in [-0.39, 0.29) is 11.0 Å². The molecule has 0 heterocycles. The first-order chi connectivity index (χ1) is 8.11. The van der Waals surface area contributed by atoms with Crippen molar-refractivity contribution in [2.45, 2.75) is 36.2 Å². The van der Waals surface area contributed by atoms with E-state index in [1.165, 1.54) is 4.90 Å². The number of nitrogens with zero attached hydrogens (tertiary/aromatic N) is 1. The summed E-state index contributed by atoms with van der Waals surface area (Å²) in [6, 6.07) is 10.4. The van der Waals surface area contributed by atoms with E-state index in [9.17, 15) is 0 Å². The van der Waals surface area contributed by atoms with E-state index in [1.54, 1.807) is 0 Å². The molecule has 0 aliphatic carbocycles. The summed E-state index contributed by atoms with van der Waals surface area (Å²) in [4.78, 5) is 3.41. The lowest BCUT2D eigenvalue weighted by molar-refractivity contribution is 0.252. The Kier molecular flexibility index (Phi) is 7.36. The fourth-order valence-electron chi connectivity index (χ4n) is 1.59. The van der Waals surface area contributed by atoms with Gasteiger partial charge < -0.3 is 0 Å². The molecule has 0 spiro atoms. The number of halogens is 2. The second-order valence-electron chi connectivity index (χ2n) is 3.90. The van der Waals surface area contributed by atoms with Crippen LogP contribution in [-0.2, 0) is 0 Å². The zero-order valence-corrected chi connectivity index (χ0v) is 12.6. The number of hydrogen-bond acceptors (Lipinski definition) is 2. The van der Waals surface area contributed by atoms with Crippen LogP contribution < -0.4 is 0 Å². The number of alkyl halides is 2. The van der Waals surface area contributed by atoms with Crippen molar-refractivity contribution in [3.8, 4) is 0 Å². The molecule has 0 radical (unpaired) electrons. The van der Waals surface area contributed by atoms with Crippen LogP contribution >= 0.6 is 35.0 Å². The van der Waals surface area contributed by atoms with Crippen LogP contribution in [-0.4, -0.2) is 28.2 Å². The highest BCUT2D eigenvalue weighted by molar-refractivity contribution is 7.99. The number of thioether (sulfide) groups is 1. The predicted octanol–water partition coefficient (Wildman–Crippen LogP) is 4.64. The van der Waals surface area contributed by atoms with Gasteiger partial charge in [0.15, 0.2) is 0 Å². The molecule has 96 valence electrons. The lowest BCUT2D eigenvalue weighted by Gasteiger charge is -2.27. The molecule has 0 aromatic heterocycles. The Morgan fingerprint density at radius 2 is 1.71 bits per heavy atom. The minimum absolute atomic E-state index is 0.00998. The minimum Gasteiger partial charge on any atom is -0.271 e. The highest BCUT2D eigenvalue weighted by Crippen LogP contribution is 2.19. The minimum atomic E-state index is -0.00998. The molecule has 0 aliphatic heterocycles. The second-order valence-corrected chi connectivity index (χ2v) is 6.33. The van der Waals surface area contributed by atoms with Gasteiger partial charge >= 0.3 is 0 Å². The summed E-state index contributed by atoms with van der Waals surface area (Å²) in [6.45, 7) is 4.87. The fraction of sp³-hybridized carbons (Fsp3) is 0.538. The summed E-state index contributed by atoms with van der Waals surface area (Å²) in [5, 5.41) is 0. The van der Waals surface area contributed by atoms with Gasteiger partial charge in [0, 0.05) is 11.4 Å². The molecule has 0 saturated carbocycles. The normalized spacial score (nSPS) is 14.9. The van der Waals surface area contributed by atoms with Crippen molar-refractivity contribution in [2.24, 2.45) is 0 Å². The van der Waals surface area contributed by atoms with E-state index in [2.05, 4.69) is 29.2 Å². The number of benzene rings is 1. The summed E-state index contributed by atoms with van der Waals surface area (Å²) >= 11 is 14.0. The van der Waals surface area contributed by atoms with Gasteiger partial charge in [-0.2, -0.15) is 0 Å². The molecule has 0 saturated heterocycles. The van der Waals surface area contributed by atoms with Crippen molar-refractivity contribution >= 4 is 35.0 Å². The zero-order chi connectivity index (χ0) is 12.7. The van der Waals surface area contributed by atoms with E-state index < -0.39 is 0 Å². The topological polar surface area (TPSA) is 3.24 Å². The molecule has 0 amide bonds. The average Bonchev–Trinajstić information content (AvgIpc) is 2.29. The predicted molar refractivity (Wildman–Crippen MR) is 79.1 cm³/mol. The summed E-state index contributed by atoms with van der Waals surface area (Å²) in [5.41, 5.74) is -0.0200. The maximum Gasteiger partial charge on any atom is 0.0833 e. The van der Waals surface area contributed by atoms with E-state index in [4.69, 9.17) is 23.2 Å². The van der Waals surface area contributed by atoms with Gasteiger partial charge in [0.25, 0.3) is 0 Å². The van der Waals surface area contributed by atoms with Crippen LogP contribution in [0.5, 0.6) is 0 Å². The quantitative estimate of drug-likeness (QED) is 0.312. The summed E-state index contributed by atoms with van der Waals surface area (Å²) in [6.07, 6.45) is 1.09. The van der Waals surface area contributed by atoms with Crippen molar-refractivity contribution in [2.75, 3.05) is 12.3 Å². The maximum absolute atomic E-state index is 6.07. The molecule has 4 heteroatoms. The first-order valence-electron chi connectivity index (χ1n) is 5.83. The zero-order valence-electron chi connectivity index (χ0n) is 10.3. The third-order valence-corrected chi connectivity index (χ3v) is 4.09. The molecular weight excluding hydrogens is 273 g/mol. The van der Waals surface area contributed by atoms with Gasteiger partial charge in [0.2, 0.25) is 0 Å².